The van der Waals surface area contributed by atoms with E-state index in [-0.39, 0.29) is 53.6 Å². The maximum absolute atomic E-state index is 14.4. The third-order valence-corrected chi connectivity index (χ3v) is 15.7. The number of carbonyl (C=O) groups is 2. The predicted octanol–water partition coefficient (Wildman–Crippen LogP) is 7.46. The van der Waals surface area contributed by atoms with Gasteiger partial charge in [-0.15, -0.1) is 0 Å². The number of benzene rings is 1. The zero-order valence-corrected chi connectivity index (χ0v) is 35.8. The van der Waals surface area contributed by atoms with Gasteiger partial charge in [-0.25, -0.2) is 4.79 Å². The number of hydrogen-bond acceptors (Lipinski definition) is 10. The largest absolute Gasteiger partial charge is 0.455 e. The van der Waals surface area contributed by atoms with Crippen molar-refractivity contribution in [2.24, 2.45) is 34.5 Å². The first-order valence-electron chi connectivity index (χ1n) is 22.5. The molecule has 6 fully saturated rings. The molecule has 7 rings (SSSR count). The number of carbonyl (C=O) groups excluding carboxylic acids is 2. The van der Waals surface area contributed by atoms with Crippen LogP contribution in [0.15, 0.2) is 54.6 Å². The predicted molar refractivity (Wildman–Crippen MR) is 222 cm³/mol. The number of aliphatic hydroxyl groups excluding tert-OH is 1. The second-order valence-electron chi connectivity index (χ2n) is 18.8. The first-order chi connectivity index (χ1) is 28.1. The molecule has 1 saturated heterocycles. The molecule has 7 bridgehead atoms. The SMILES string of the molecule is CCCCC/C=C\C/C=C\CCCCCCCC(=O)O[C@]12[C@H]3[C@@H](OC(=O)c4ccccc4)[C@](O)(C[C@H]3[C@@]34CCC[C@@]5(COC)CN(C)C3[C@@H]1[C@H](OC)[C@H]54)[C@@H](OC)[C@@H]2O. The minimum Gasteiger partial charge on any atom is -0.455 e. The van der Waals surface area contributed by atoms with Crippen LogP contribution in [0.4, 0.5) is 0 Å². The van der Waals surface area contributed by atoms with Crippen molar-refractivity contribution < 1.29 is 43.5 Å². The first kappa shape index (κ1) is 43.5. The van der Waals surface area contributed by atoms with E-state index in [4.69, 9.17) is 23.7 Å². The molecule has 10 heteroatoms. The maximum Gasteiger partial charge on any atom is 0.338 e. The van der Waals surface area contributed by atoms with Crippen LogP contribution in [0.3, 0.4) is 0 Å². The van der Waals surface area contributed by atoms with E-state index in [1.165, 1.54) is 32.8 Å². The molecule has 1 aromatic rings. The van der Waals surface area contributed by atoms with Gasteiger partial charge >= 0.3 is 11.9 Å². The number of nitrogens with zero attached hydrogens (tertiary/aromatic N) is 1. The average molecular weight is 806 g/mol. The summed E-state index contributed by atoms with van der Waals surface area (Å²) in [4.78, 5) is 30.8. The number of piperidine rings is 1. The molecular weight excluding hydrogens is 735 g/mol. The Kier molecular flexibility index (Phi) is 13.6. The molecule has 1 spiro atoms. The van der Waals surface area contributed by atoms with Crippen molar-refractivity contribution in [3.63, 3.8) is 0 Å². The van der Waals surface area contributed by atoms with E-state index in [0.717, 1.165) is 64.3 Å². The monoisotopic (exact) mass is 806 g/mol. The van der Waals surface area contributed by atoms with Crippen LogP contribution < -0.4 is 0 Å². The van der Waals surface area contributed by atoms with Crippen molar-refractivity contribution in [2.75, 3.05) is 41.5 Å². The Hall–Kier alpha value is -2.60. The lowest BCUT2D eigenvalue weighted by Gasteiger charge is -2.67. The van der Waals surface area contributed by atoms with Crippen LogP contribution in [0.1, 0.15) is 120 Å². The fourth-order valence-electron chi connectivity index (χ4n) is 14.1. The van der Waals surface area contributed by atoms with Crippen LogP contribution in [0.25, 0.3) is 0 Å². The van der Waals surface area contributed by atoms with E-state index in [0.29, 0.717) is 18.6 Å². The van der Waals surface area contributed by atoms with Gasteiger partial charge in [0.25, 0.3) is 0 Å². The Morgan fingerprint density at radius 2 is 1.59 bits per heavy atom. The molecule has 0 aromatic heterocycles. The highest BCUT2D eigenvalue weighted by molar-refractivity contribution is 5.89. The number of aliphatic hydroxyl groups is 2. The van der Waals surface area contributed by atoms with Gasteiger partial charge in [-0.1, -0.05) is 88.0 Å². The van der Waals surface area contributed by atoms with E-state index in [1.54, 1.807) is 38.5 Å². The molecule has 1 heterocycles. The van der Waals surface area contributed by atoms with E-state index in [2.05, 4.69) is 43.2 Å². The molecule has 1 unspecified atom stereocenters. The van der Waals surface area contributed by atoms with E-state index in [1.807, 2.05) is 6.07 Å². The van der Waals surface area contributed by atoms with Crippen molar-refractivity contribution in [3.05, 3.63) is 60.2 Å². The summed E-state index contributed by atoms with van der Waals surface area (Å²) < 4.78 is 32.1. The lowest BCUT2D eigenvalue weighted by molar-refractivity contribution is -0.310. The fraction of sp³-hybridized carbons (Fsp3) is 0.750. The summed E-state index contributed by atoms with van der Waals surface area (Å²) >= 11 is 0. The summed E-state index contributed by atoms with van der Waals surface area (Å²) in [6, 6.07) is 8.70. The number of likely N-dealkylation sites (tertiary alicyclic amines) is 1. The van der Waals surface area contributed by atoms with Crippen LogP contribution in [-0.2, 0) is 28.5 Å². The molecule has 5 aliphatic carbocycles. The lowest BCUT2D eigenvalue weighted by atomic mass is 9.44. The number of hydrogen-bond donors (Lipinski definition) is 2. The maximum atomic E-state index is 14.4. The summed E-state index contributed by atoms with van der Waals surface area (Å²) in [6.07, 6.45) is 20.2. The normalized spacial score (nSPS) is 39.7. The minimum absolute atomic E-state index is 0.0268. The molecule has 0 radical (unpaired) electrons. The topological polar surface area (TPSA) is 124 Å². The van der Waals surface area contributed by atoms with Crippen molar-refractivity contribution in [1.82, 2.24) is 4.90 Å². The summed E-state index contributed by atoms with van der Waals surface area (Å²) in [6.45, 7) is 3.58. The highest BCUT2D eigenvalue weighted by Crippen LogP contribution is 2.80. The standard InChI is InChI=1S/C48H71NO9/c1-6-7-8-9-10-11-12-13-14-15-16-17-18-19-23-27-35(50)58-48-36-34(30-47(53,43(56-5)41(48)51)42(36)57-44(52)33-25-21-20-22-26-33)46-29-24-28-45(32-54-3)31-49(2)40(46)37(48)38(55-4)39(45)46/h10-11,13-14,20-22,25-26,34,36-43,51,53H,6-9,12,15-19,23-24,27-32H2,1-5H3/b11-10-,14-13-/t34-,36-,37+,38+,39-,40?,41+,42-,43+,45+,46-,47-,48-/m1/s1. The number of ether oxygens (including phenoxy) is 5. The van der Waals surface area contributed by atoms with Crippen LogP contribution in [-0.4, -0.2) is 110 Å². The van der Waals surface area contributed by atoms with Crippen molar-refractivity contribution in [3.8, 4) is 0 Å². The summed E-state index contributed by atoms with van der Waals surface area (Å²) in [7, 11) is 7.13. The number of methoxy groups -OCH3 is 3. The molecule has 58 heavy (non-hydrogen) atoms. The van der Waals surface area contributed by atoms with E-state index >= 15 is 0 Å². The smallest absolute Gasteiger partial charge is 0.338 e. The van der Waals surface area contributed by atoms with Gasteiger partial charge in [0.2, 0.25) is 0 Å². The Morgan fingerprint density at radius 3 is 2.28 bits per heavy atom. The van der Waals surface area contributed by atoms with E-state index < -0.39 is 47.3 Å². The molecule has 322 valence electrons. The number of fused-ring (bicyclic) bond motifs is 2. The van der Waals surface area contributed by atoms with Crippen LogP contribution >= 0.6 is 0 Å². The van der Waals surface area contributed by atoms with Gasteiger partial charge in [-0.3, -0.25) is 4.79 Å². The quantitative estimate of drug-likeness (QED) is 0.0736. The third-order valence-electron chi connectivity index (χ3n) is 15.7. The zero-order chi connectivity index (χ0) is 41.1. The van der Waals surface area contributed by atoms with Crippen LogP contribution in [0, 0.1) is 34.5 Å². The Labute approximate surface area is 347 Å². The van der Waals surface area contributed by atoms with Gasteiger partial charge in [-0.2, -0.15) is 0 Å². The minimum atomic E-state index is -1.71. The zero-order valence-electron chi connectivity index (χ0n) is 35.8. The number of allylic oxidation sites excluding steroid dienone is 4. The Balaban J connectivity index is 1.13. The first-order valence-corrected chi connectivity index (χ1v) is 22.5. The van der Waals surface area contributed by atoms with Crippen LogP contribution in [0.5, 0.6) is 0 Å². The Morgan fingerprint density at radius 1 is 0.879 bits per heavy atom. The average Bonchev–Trinajstić information content (AvgIpc) is 3.60. The Bertz CT molecular complexity index is 1610. The third kappa shape index (κ3) is 7.13. The summed E-state index contributed by atoms with van der Waals surface area (Å²) in [5.41, 5.74) is -3.48. The molecule has 1 aliphatic heterocycles. The molecule has 2 N–H and O–H groups in total. The second-order valence-corrected chi connectivity index (χ2v) is 18.8. The lowest BCUT2D eigenvalue weighted by Crippen LogP contribution is -2.79. The van der Waals surface area contributed by atoms with Gasteiger partial charge in [0.15, 0.2) is 5.60 Å². The van der Waals surface area contributed by atoms with Gasteiger partial charge in [0.1, 0.15) is 23.9 Å². The molecule has 0 amide bonds. The van der Waals surface area contributed by atoms with Gasteiger partial charge in [-0.05, 0) is 88.3 Å². The van der Waals surface area contributed by atoms with Gasteiger partial charge in [0, 0.05) is 63.5 Å². The highest BCUT2D eigenvalue weighted by Gasteiger charge is 2.90. The fourth-order valence-corrected chi connectivity index (χ4v) is 14.1. The summed E-state index contributed by atoms with van der Waals surface area (Å²) in [5.74, 6) is -2.31. The number of unbranched alkanes of at least 4 members (excludes halogenated alkanes) is 8. The molecule has 10 nitrogen and oxygen atoms in total. The molecule has 1 aromatic carbocycles. The highest BCUT2D eigenvalue weighted by atomic mass is 16.6. The van der Waals surface area contributed by atoms with E-state index in [9.17, 15) is 19.8 Å². The number of rotatable bonds is 21. The molecule has 6 aliphatic rings. The van der Waals surface area contributed by atoms with Crippen molar-refractivity contribution in [1.29, 1.82) is 0 Å². The molecule has 5 saturated carbocycles. The molecular formula is C48H71NO9. The van der Waals surface area contributed by atoms with Gasteiger partial charge in [0.05, 0.1) is 18.3 Å². The second kappa shape index (κ2) is 18.2. The number of esters is 2. The van der Waals surface area contributed by atoms with Crippen molar-refractivity contribution >= 4 is 11.9 Å². The molecule has 13 atom stereocenters. The van der Waals surface area contributed by atoms with Gasteiger partial charge < -0.3 is 38.8 Å². The van der Waals surface area contributed by atoms with Crippen LogP contribution in [0.2, 0.25) is 0 Å². The van der Waals surface area contributed by atoms with Crippen molar-refractivity contribution in [2.45, 2.75) is 151 Å². The summed E-state index contributed by atoms with van der Waals surface area (Å²) in [5, 5.41) is 25.8.